The van der Waals surface area contributed by atoms with Gasteiger partial charge in [-0.3, -0.25) is 14.2 Å². The molecule has 1 amide bonds. The van der Waals surface area contributed by atoms with E-state index in [4.69, 9.17) is 0 Å². The number of nitrogens with one attached hydrogen (secondary N) is 1. The van der Waals surface area contributed by atoms with Gasteiger partial charge in [0.1, 0.15) is 11.5 Å². The SMILES string of the molecule is O=C(NC[C@@H](O)c1cccnc1)c1csc2nc(-c3ccccc3F)cn12. The third-order valence-corrected chi connectivity index (χ3v) is 4.96. The molecular formula is C19H15FN4O2S. The summed E-state index contributed by atoms with van der Waals surface area (Å²) in [5.74, 6) is -0.712. The van der Waals surface area contributed by atoms with E-state index >= 15 is 0 Å². The maximum atomic E-state index is 14.0. The molecule has 2 N–H and O–H groups in total. The molecule has 0 aliphatic heterocycles. The number of halogens is 1. The number of carbonyl (C=O) groups excluding carboxylic acids is 1. The summed E-state index contributed by atoms with van der Waals surface area (Å²) >= 11 is 1.29. The van der Waals surface area contributed by atoms with Crippen molar-refractivity contribution in [3.8, 4) is 11.3 Å². The standard InChI is InChI=1S/C19H15FN4O2S/c20-14-6-2-1-5-13(14)15-10-24-16(11-27-19(24)23-15)18(26)22-9-17(25)12-4-3-7-21-8-12/h1-8,10-11,17,25H,9H2,(H,22,26)/t17-/m1/s1. The van der Waals surface area contributed by atoms with E-state index in [9.17, 15) is 14.3 Å². The summed E-state index contributed by atoms with van der Waals surface area (Å²) in [6.07, 6.45) is 3.95. The largest absolute Gasteiger partial charge is 0.387 e. The number of carbonyl (C=O) groups is 1. The third kappa shape index (κ3) is 3.44. The number of thiazole rings is 1. The van der Waals surface area contributed by atoms with Crippen molar-refractivity contribution < 1.29 is 14.3 Å². The van der Waals surface area contributed by atoms with E-state index in [-0.39, 0.29) is 18.3 Å². The molecule has 1 aromatic carbocycles. The van der Waals surface area contributed by atoms with Gasteiger partial charge in [0.25, 0.3) is 5.91 Å². The lowest BCUT2D eigenvalue weighted by atomic mass is 10.1. The van der Waals surface area contributed by atoms with Gasteiger partial charge < -0.3 is 10.4 Å². The van der Waals surface area contributed by atoms with Crippen LogP contribution in [0.3, 0.4) is 0 Å². The van der Waals surface area contributed by atoms with Crippen LogP contribution in [0.15, 0.2) is 60.4 Å². The number of rotatable bonds is 5. The Morgan fingerprint density at radius 1 is 1.30 bits per heavy atom. The molecule has 0 spiro atoms. The molecule has 0 fully saturated rings. The molecule has 1 atom stereocenters. The molecule has 0 saturated heterocycles. The van der Waals surface area contributed by atoms with Gasteiger partial charge in [-0.1, -0.05) is 18.2 Å². The van der Waals surface area contributed by atoms with Gasteiger partial charge >= 0.3 is 0 Å². The van der Waals surface area contributed by atoms with Crippen LogP contribution in [-0.4, -0.2) is 31.9 Å². The molecule has 4 aromatic rings. The van der Waals surface area contributed by atoms with E-state index in [1.165, 1.54) is 17.4 Å². The zero-order valence-electron chi connectivity index (χ0n) is 14.0. The summed E-state index contributed by atoms with van der Waals surface area (Å²) < 4.78 is 15.6. The lowest BCUT2D eigenvalue weighted by Crippen LogP contribution is -2.29. The molecule has 8 heteroatoms. The van der Waals surface area contributed by atoms with Crippen LogP contribution < -0.4 is 5.32 Å². The van der Waals surface area contributed by atoms with E-state index in [0.717, 1.165) is 0 Å². The third-order valence-electron chi connectivity index (χ3n) is 4.12. The second-order valence-electron chi connectivity index (χ2n) is 5.89. The molecule has 3 heterocycles. The Morgan fingerprint density at radius 2 is 2.15 bits per heavy atom. The van der Waals surface area contributed by atoms with E-state index in [1.54, 1.807) is 58.7 Å². The van der Waals surface area contributed by atoms with Crippen molar-refractivity contribution in [2.75, 3.05) is 6.54 Å². The average Bonchev–Trinajstić information content (AvgIpc) is 3.27. The summed E-state index contributed by atoms with van der Waals surface area (Å²) in [7, 11) is 0. The molecule has 0 saturated carbocycles. The van der Waals surface area contributed by atoms with Gasteiger partial charge in [0, 0.05) is 41.6 Å². The van der Waals surface area contributed by atoms with Crippen molar-refractivity contribution >= 4 is 22.2 Å². The molecule has 6 nitrogen and oxygen atoms in total. The van der Waals surface area contributed by atoms with Crippen molar-refractivity contribution in [1.82, 2.24) is 19.7 Å². The lowest BCUT2D eigenvalue weighted by molar-refractivity contribution is 0.0910. The number of fused-ring (bicyclic) bond motifs is 1. The number of nitrogens with zero attached hydrogens (tertiary/aromatic N) is 3. The van der Waals surface area contributed by atoms with E-state index < -0.39 is 6.10 Å². The molecule has 0 bridgehead atoms. The van der Waals surface area contributed by atoms with E-state index in [1.807, 2.05) is 0 Å². The fourth-order valence-corrected chi connectivity index (χ4v) is 3.57. The Balaban J connectivity index is 1.53. The Bertz CT molecular complexity index is 1090. The van der Waals surface area contributed by atoms with Gasteiger partial charge in [-0.05, 0) is 18.2 Å². The molecule has 0 unspecified atom stereocenters. The molecule has 0 aliphatic rings. The maximum Gasteiger partial charge on any atom is 0.269 e. The Hall–Kier alpha value is -3.10. The van der Waals surface area contributed by atoms with Crippen molar-refractivity contribution in [1.29, 1.82) is 0 Å². The summed E-state index contributed by atoms with van der Waals surface area (Å²) in [6, 6.07) is 9.83. The summed E-state index contributed by atoms with van der Waals surface area (Å²) in [4.78, 5) is 21.4. The predicted octanol–water partition coefficient (Wildman–Crippen LogP) is 3.06. The smallest absolute Gasteiger partial charge is 0.269 e. The highest BCUT2D eigenvalue weighted by atomic mass is 32.1. The number of pyridine rings is 1. The topological polar surface area (TPSA) is 79.5 Å². The van der Waals surface area contributed by atoms with Gasteiger partial charge in [-0.2, -0.15) is 0 Å². The zero-order valence-corrected chi connectivity index (χ0v) is 14.9. The average molecular weight is 382 g/mol. The number of benzene rings is 1. The zero-order chi connectivity index (χ0) is 18.8. The van der Waals surface area contributed by atoms with Crippen LogP contribution in [0.5, 0.6) is 0 Å². The number of imidazole rings is 1. The number of hydrogen-bond donors (Lipinski definition) is 2. The predicted molar refractivity (Wildman–Crippen MR) is 100.0 cm³/mol. The molecule has 3 aromatic heterocycles. The monoisotopic (exact) mass is 382 g/mol. The van der Waals surface area contributed by atoms with Crippen molar-refractivity contribution in [2.24, 2.45) is 0 Å². The highest BCUT2D eigenvalue weighted by Crippen LogP contribution is 2.25. The molecule has 136 valence electrons. The van der Waals surface area contributed by atoms with Crippen LogP contribution in [0.4, 0.5) is 4.39 Å². The van der Waals surface area contributed by atoms with Crippen LogP contribution in [0.25, 0.3) is 16.2 Å². The molecule has 4 rings (SSSR count). The first-order chi connectivity index (χ1) is 13.1. The Kier molecular flexibility index (Phi) is 4.66. The first-order valence-corrected chi connectivity index (χ1v) is 9.09. The minimum atomic E-state index is -0.853. The minimum Gasteiger partial charge on any atom is -0.387 e. The second-order valence-corrected chi connectivity index (χ2v) is 6.73. The van der Waals surface area contributed by atoms with Gasteiger partial charge in [0.15, 0.2) is 4.96 Å². The van der Waals surface area contributed by atoms with Crippen LogP contribution >= 0.6 is 11.3 Å². The second kappa shape index (κ2) is 7.26. The van der Waals surface area contributed by atoms with Crippen LogP contribution in [0, 0.1) is 5.82 Å². The van der Waals surface area contributed by atoms with Crippen molar-refractivity contribution in [3.63, 3.8) is 0 Å². The fourth-order valence-electron chi connectivity index (χ4n) is 2.72. The molecule has 27 heavy (non-hydrogen) atoms. The van der Waals surface area contributed by atoms with Crippen LogP contribution in [-0.2, 0) is 0 Å². The summed E-state index contributed by atoms with van der Waals surface area (Å²) in [5, 5.41) is 14.5. The number of aliphatic hydroxyl groups excluding tert-OH is 1. The number of hydrogen-bond acceptors (Lipinski definition) is 5. The number of aromatic nitrogens is 3. The fraction of sp³-hybridized carbons (Fsp3) is 0.105. The highest BCUT2D eigenvalue weighted by Gasteiger charge is 2.17. The minimum absolute atomic E-state index is 0.0523. The quantitative estimate of drug-likeness (QED) is 0.556. The number of aliphatic hydroxyl groups is 1. The van der Waals surface area contributed by atoms with E-state index in [0.29, 0.717) is 27.5 Å². The summed E-state index contributed by atoms with van der Waals surface area (Å²) in [6.45, 7) is 0.0523. The Labute approximate surface area is 158 Å². The lowest BCUT2D eigenvalue weighted by Gasteiger charge is -2.11. The normalized spacial score (nSPS) is 12.2. The van der Waals surface area contributed by atoms with E-state index in [2.05, 4.69) is 15.3 Å². The summed E-state index contributed by atoms with van der Waals surface area (Å²) in [5.41, 5.74) is 1.84. The number of amides is 1. The van der Waals surface area contributed by atoms with Gasteiger partial charge in [0.05, 0.1) is 11.8 Å². The van der Waals surface area contributed by atoms with Gasteiger partial charge in [-0.15, -0.1) is 11.3 Å². The van der Waals surface area contributed by atoms with Crippen molar-refractivity contribution in [2.45, 2.75) is 6.10 Å². The maximum absolute atomic E-state index is 14.0. The first-order valence-electron chi connectivity index (χ1n) is 8.21. The van der Waals surface area contributed by atoms with Crippen LogP contribution in [0.1, 0.15) is 22.2 Å². The van der Waals surface area contributed by atoms with Crippen LogP contribution in [0.2, 0.25) is 0 Å². The molecule has 0 radical (unpaired) electrons. The molecule has 0 aliphatic carbocycles. The van der Waals surface area contributed by atoms with Gasteiger partial charge in [-0.25, -0.2) is 9.37 Å². The first kappa shape index (κ1) is 17.3. The molecular weight excluding hydrogens is 367 g/mol. The van der Waals surface area contributed by atoms with Crippen molar-refractivity contribution in [3.05, 3.63) is 77.4 Å². The Morgan fingerprint density at radius 3 is 2.93 bits per heavy atom. The van der Waals surface area contributed by atoms with Gasteiger partial charge in [0.2, 0.25) is 0 Å². The highest BCUT2D eigenvalue weighted by molar-refractivity contribution is 7.15.